The predicted molar refractivity (Wildman–Crippen MR) is 53.5 cm³/mol. The van der Waals surface area contributed by atoms with Crippen LogP contribution < -0.4 is 0 Å². The molecule has 2 aromatic heterocycles. The van der Waals surface area contributed by atoms with Crippen molar-refractivity contribution >= 4 is 17.6 Å². The van der Waals surface area contributed by atoms with Crippen LogP contribution >= 0.6 is 0 Å². The molecular formula is C10H8N2O4. The van der Waals surface area contributed by atoms with Gasteiger partial charge in [0.15, 0.2) is 5.69 Å². The maximum absolute atomic E-state index is 11.4. The zero-order valence-electron chi connectivity index (χ0n) is 8.38. The number of carbonyl (C=O) groups is 2. The van der Waals surface area contributed by atoms with Crippen LogP contribution in [0.3, 0.4) is 0 Å². The molecule has 0 aliphatic carbocycles. The van der Waals surface area contributed by atoms with Gasteiger partial charge in [-0.2, -0.15) is 0 Å². The van der Waals surface area contributed by atoms with E-state index in [-0.39, 0.29) is 11.4 Å². The Balaban J connectivity index is 2.73. The first-order chi connectivity index (χ1) is 7.63. The summed E-state index contributed by atoms with van der Waals surface area (Å²) >= 11 is 0. The standard InChI is InChI=1S/C10H8N2O4/c1-16-10(15)7-5-6(9(13)14)11-8-3-2-4-12(7)8/h2-5H,1H3,(H,13,14). The number of aromatic nitrogens is 2. The molecule has 2 rings (SSSR count). The molecule has 0 radical (unpaired) electrons. The average molecular weight is 220 g/mol. The molecule has 6 nitrogen and oxygen atoms in total. The summed E-state index contributed by atoms with van der Waals surface area (Å²) in [5, 5.41) is 8.84. The molecule has 6 heteroatoms. The number of nitrogens with zero attached hydrogens (tertiary/aromatic N) is 2. The van der Waals surface area contributed by atoms with E-state index in [1.54, 1.807) is 18.3 Å². The molecule has 0 fully saturated rings. The lowest BCUT2D eigenvalue weighted by atomic mass is 10.3. The summed E-state index contributed by atoms with van der Waals surface area (Å²) in [6.45, 7) is 0. The van der Waals surface area contributed by atoms with Crippen LogP contribution in [-0.4, -0.2) is 33.5 Å². The highest BCUT2D eigenvalue weighted by Gasteiger charge is 2.15. The lowest BCUT2D eigenvalue weighted by molar-refractivity contribution is 0.0592. The number of esters is 1. The number of aromatic carboxylic acids is 1. The monoisotopic (exact) mass is 220 g/mol. The lowest BCUT2D eigenvalue weighted by Gasteiger charge is -2.04. The van der Waals surface area contributed by atoms with Gasteiger partial charge in [-0.25, -0.2) is 14.6 Å². The molecule has 0 amide bonds. The first kappa shape index (κ1) is 10.2. The first-order valence-corrected chi connectivity index (χ1v) is 4.43. The fourth-order valence-electron chi connectivity index (χ4n) is 1.39. The molecule has 0 bridgehead atoms. The van der Waals surface area contributed by atoms with Crippen LogP contribution in [0.15, 0.2) is 24.4 Å². The van der Waals surface area contributed by atoms with Gasteiger partial charge >= 0.3 is 11.9 Å². The minimum absolute atomic E-state index is 0.134. The smallest absolute Gasteiger partial charge is 0.355 e. The molecule has 2 heterocycles. The van der Waals surface area contributed by atoms with Crippen LogP contribution in [0.25, 0.3) is 5.65 Å². The van der Waals surface area contributed by atoms with Crippen LogP contribution in [0.4, 0.5) is 0 Å². The number of carbonyl (C=O) groups excluding carboxylic acids is 1. The molecule has 0 atom stereocenters. The van der Waals surface area contributed by atoms with Gasteiger partial charge in [-0.05, 0) is 12.1 Å². The summed E-state index contributed by atoms with van der Waals surface area (Å²) in [5.74, 6) is -1.79. The van der Waals surface area contributed by atoms with Crippen LogP contribution in [-0.2, 0) is 4.74 Å². The van der Waals surface area contributed by atoms with E-state index in [1.165, 1.54) is 17.6 Å². The summed E-state index contributed by atoms with van der Waals surface area (Å²) in [6, 6.07) is 4.46. The van der Waals surface area contributed by atoms with Gasteiger partial charge in [0, 0.05) is 12.3 Å². The highest BCUT2D eigenvalue weighted by atomic mass is 16.5. The number of carboxylic acids is 1. The van der Waals surface area contributed by atoms with Crippen molar-refractivity contribution in [3.05, 3.63) is 35.8 Å². The molecule has 0 saturated heterocycles. The molecule has 0 aliphatic heterocycles. The number of methoxy groups -OCH3 is 1. The van der Waals surface area contributed by atoms with Gasteiger partial charge in [0.2, 0.25) is 0 Å². The molecule has 16 heavy (non-hydrogen) atoms. The van der Waals surface area contributed by atoms with Crippen LogP contribution in [0.5, 0.6) is 0 Å². The second-order valence-corrected chi connectivity index (χ2v) is 3.06. The number of fused-ring (bicyclic) bond motifs is 1. The van der Waals surface area contributed by atoms with Crippen molar-refractivity contribution in [3.63, 3.8) is 0 Å². The number of carboxylic acid groups (broad SMARTS) is 1. The fraction of sp³-hybridized carbons (Fsp3) is 0.100. The number of ether oxygens (including phenoxy) is 1. The summed E-state index contributed by atoms with van der Waals surface area (Å²) < 4.78 is 6.04. The van der Waals surface area contributed by atoms with Crippen molar-refractivity contribution in [2.45, 2.75) is 0 Å². The van der Waals surface area contributed by atoms with Gasteiger partial charge in [0.1, 0.15) is 11.3 Å². The zero-order valence-corrected chi connectivity index (χ0v) is 8.38. The Morgan fingerprint density at radius 3 is 2.88 bits per heavy atom. The van der Waals surface area contributed by atoms with Crippen molar-refractivity contribution in [1.29, 1.82) is 0 Å². The van der Waals surface area contributed by atoms with Crippen molar-refractivity contribution in [2.24, 2.45) is 0 Å². The average Bonchev–Trinajstić information content (AvgIpc) is 2.74. The first-order valence-electron chi connectivity index (χ1n) is 4.43. The Morgan fingerprint density at radius 1 is 1.50 bits per heavy atom. The number of hydrogen-bond donors (Lipinski definition) is 1. The third-order valence-corrected chi connectivity index (χ3v) is 2.11. The normalized spacial score (nSPS) is 10.3. The van der Waals surface area contributed by atoms with Crippen molar-refractivity contribution < 1.29 is 19.4 Å². The number of rotatable bonds is 2. The molecule has 0 saturated carbocycles. The maximum atomic E-state index is 11.4. The Kier molecular flexibility index (Phi) is 2.32. The second-order valence-electron chi connectivity index (χ2n) is 3.06. The van der Waals surface area contributed by atoms with E-state index in [4.69, 9.17) is 5.11 Å². The zero-order chi connectivity index (χ0) is 11.7. The van der Waals surface area contributed by atoms with Gasteiger partial charge in [-0.3, -0.25) is 4.40 Å². The van der Waals surface area contributed by atoms with Crippen LogP contribution in [0, 0.1) is 0 Å². The molecule has 2 aromatic rings. The minimum atomic E-state index is -1.19. The van der Waals surface area contributed by atoms with Crippen LogP contribution in [0.2, 0.25) is 0 Å². The molecule has 0 aromatic carbocycles. The highest BCUT2D eigenvalue weighted by molar-refractivity contribution is 5.93. The topological polar surface area (TPSA) is 80.9 Å². The highest BCUT2D eigenvalue weighted by Crippen LogP contribution is 2.10. The maximum Gasteiger partial charge on any atom is 0.355 e. The fourth-order valence-corrected chi connectivity index (χ4v) is 1.39. The van der Waals surface area contributed by atoms with Gasteiger partial charge in [0.05, 0.1) is 7.11 Å². The van der Waals surface area contributed by atoms with Crippen molar-refractivity contribution in [2.75, 3.05) is 7.11 Å². The van der Waals surface area contributed by atoms with Gasteiger partial charge in [-0.1, -0.05) is 0 Å². The van der Waals surface area contributed by atoms with Crippen molar-refractivity contribution in [1.82, 2.24) is 9.38 Å². The molecule has 0 spiro atoms. The Labute approximate surface area is 90.1 Å². The van der Waals surface area contributed by atoms with E-state index in [1.807, 2.05) is 0 Å². The summed E-state index contributed by atoms with van der Waals surface area (Å²) in [4.78, 5) is 26.1. The largest absolute Gasteiger partial charge is 0.477 e. The van der Waals surface area contributed by atoms with E-state index in [9.17, 15) is 9.59 Å². The predicted octanol–water partition coefficient (Wildman–Crippen LogP) is 0.819. The van der Waals surface area contributed by atoms with Gasteiger partial charge in [-0.15, -0.1) is 0 Å². The van der Waals surface area contributed by atoms with Crippen molar-refractivity contribution in [3.8, 4) is 0 Å². The van der Waals surface area contributed by atoms with E-state index >= 15 is 0 Å². The van der Waals surface area contributed by atoms with E-state index in [2.05, 4.69) is 9.72 Å². The van der Waals surface area contributed by atoms with Crippen LogP contribution in [0.1, 0.15) is 21.0 Å². The summed E-state index contributed by atoms with van der Waals surface area (Å²) in [6.07, 6.45) is 1.61. The van der Waals surface area contributed by atoms with E-state index < -0.39 is 11.9 Å². The molecule has 82 valence electrons. The van der Waals surface area contributed by atoms with Gasteiger partial charge < -0.3 is 9.84 Å². The molecule has 0 unspecified atom stereocenters. The minimum Gasteiger partial charge on any atom is -0.477 e. The summed E-state index contributed by atoms with van der Waals surface area (Å²) in [5.41, 5.74) is 0.335. The van der Waals surface area contributed by atoms with E-state index in [0.717, 1.165) is 0 Å². The quantitative estimate of drug-likeness (QED) is 0.757. The van der Waals surface area contributed by atoms with E-state index in [0.29, 0.717) is 5.65 Å². The SMILES string of the molecule is COC(=O)c1cc(C(=O)O)nc2cccn12. The summed E-state index contributed by atoms with van der Waals surface area (Å²) in [7, 11) is 1.23. The third kappa shape index (κ3) is 1.50. The second kappa shape index (κ2) is 3.65. The Bertz CT molecular complexity index is 573. The molecule has 1 N–H and O–H groups in total. The third-order valence-electron chi connectivity index (χ3n) is 2.11. The lowest BCUT2D eigenvalue weighted by Crippen LogP contribution is -2.12. The Hall–Kier alpha value is -2.37. The molecular weight excluding hydrogens is 212 g/mol. The Morgan fingerprint density at radius 2 is 2.25 bits per heavy atom. The number of hydrogen-bond acceptors (Lipinski definition) is 4. The molecule has 0 aliphatic rings. The van der Waals surface area contributed by atoms with Gasteiger partial charge in [0.25, 0.3) is 0 Å².